The van der Waals surface area contributed by atoms with Crippen LogP contribution >= 0.6 is 0 Å². The van der Waals surface area contributed by atoms with Crippen LogP contribution in [0.3, 0.4) is 0 Å². The van der Waals surface area contributed by atoms with Crippen molar-refractivity contribution in [3.63, 3.8) is 0 Å². The standard InChI is InChI=1S/C12H17F2NO3/c1-3-18-10-6-8(4-5-9(10)17-2)11(15)12(13,14)7-16/h4-6,11,16H,3,7,15H2,1-2H3/t11-/m1/s1. The molecule has 4 nitrogen and oxygen atoms in total. The molecular weight excluding hydrogens is 244 g/mol. The van der Waals surface area contributed by atoms with Crippen LogP contribution in [0.15, 0.2) is 18.2 Å². The highest BCUT2D eigenvalue weighted by Gasteiger charge is 2.37. The first-order valence-electron chi connectivity index (χ1n) is 5.51. The summed E-state index contributed by atoms with van der Waals surface area (Å²) in [5.41, 5.74) is 5.61. The number of aliphatic hydroxyl groups excluding tert-OH is 1. The predicted molar refractivity (Wildman–Crippen MR) is 63.1 cm³/mol. The number of methoxy groups -OCH3 is 1. The van der Waals surface area contributed by atoms with Crippen molar-refractivity contribution in [1.29, 1.82) is 0 Å². The molecule has 6 heteroatoms. The van der Waals surface area contributed by atoms with Gasteiger partial charge in [0.1, 0.15) is 6.61 Å². The summed E-state index contributed by atoms with van der Waals surface area (Å²) in [7, 11) is 1.46. The molecule has 0 aliphatic rings. The Morgan fingerprint density at radius 1 is 1.39 bits per heavy atom. The Labute approximate surface area is 104 Å². The molecule has 1 rings (SSSR count). The van der Waals surface area contributed by atoms with Gasteiger partial charge in [-0.1, -0.05) is 6.07 Å². The summed E-state index contributed by atoms with van der Waals surface area (Å²) in [6.45, 7) is 0.851. The number of aliphatic hydroxyl groups is 1. The third kappa shape index (κ3) is 3.08. The minimum Gasteiger partial charge on any atom is -0.493 e. The Morgan fingerprint density at radius 2 is 2.06 bits per heavy atom. The zero-order valence-electron chi connectivity index (χ0n) is 10.3. The number of ether oxygens (including phenoxy) is 2. The molecule has 0 amide bonds. The number of hydrogen-bond acceptors (Lipinski definition) is 4. The molecule has 0 aromatic heterocycles. The second kappa shape index (κ2) is 5.97. The summed E-state index contributed by atoms with van der Waals surface area (Å²) < 4.78 is 36.9. The summed E-state index contributed by atoms with van der Waals surface area (Å²) in [5, 5.41) is 8.61. The van der Waals surface area contributed by atoms with Crippen molar-refractivity contribution in [1.82, 2.24) is 0 Å². The van der Waals surface area contributed by atoms with Gasteiger partial charge in [-0.2, -0.15) is 0 Å². The molecule has 0 saturated carbocycles. The average Bonchev–Trinajstić information content (AvgIpc) is 2.38. The number of benzene rings is 1. The number of rotatable bonds is 6. The van der Waals surface area contributed by atoms with Crippen LogP contribution < -0.4 is 15.2 Å². The van der Waals surface area contributed by atoms with Crippen LogP contribution in [0.1, 0.15) is 18.5 Å². The van der Waals surface area contributed by atoms with Gasteiger partial charge in [-0.3, -0.25) is 0 Å². The van der Waals surface area contributed by atoms with Gasteiger partial charge in [0.2, 0.25) is 0 Å². The van der Waals surface area contributed by atoms with Crippen LogP contribution in [-0.4, -0.2) is 31.4 Å². The number of halogens is 2. The maximum atomic E-state index is 13.3. The molecule has 18 heavy (non-hydrogen) atoms. The zero-order chi connectivity index (χ0) is 13.8. The van der Waals surface area contributed by atoms with E-state index in [0.717, 1.165) is 0 Å². The van der Waals surface area contributed by atoms with Crippen LogP contribution in [0.5, 0.6) is 11.5 Å². The second-order valence-electron chi connectivity index (χ2n) is 3.74. The van der Waals surface area contributed by atoms with Gasteiger partial charge in [0.05, 0.1) is 19.8 Å². The van der Waals surface area contributed by atoms with Crippen molar-refractivity contribution in [2.75, 3.05) is 20.3 Å². The van der Waals surface area contributed by atoms with E-state index in [9.17, 15) is 8.78 Å². The first-order chi connectivity index (χ1) is 8.46. The summed E-state index contributed by atoms with van der Waals surface area (Å²) in [5.74, 6) is -2.58. The highest BCUT2D eigenvalue weighted by molar-refractivity contribution is 5.44. The smallest absolute Gasteiger partial charge is 0.289 e. The summed E-state index contributed by atoms with van der Waals surface area (Å²) in [6.07, 6.45) is 0. The quantitative estimate of drug-likeness (QED) is 0.818. The average molecular weight is 261 g/mol. The second-order valence-corrected chi connectivity index (χ2v) is 3.74. The molecule has 102 valence electrons. The summed E-state index contributed by atoms with van der Waals surface area (Å²) in [6, 6.07) is 2.74. The molecule has 0 heterocycles. The van der Waals surface area contributed by atoms with Crippen molar-refractivity contribution >= 4 is 0 Å². The molecule has 3 N–H and O–H groups in total. The monoisotopic (exact) mass is 261 g/mol. The van der Waals surface area contributed by atoms with E-state index in [2.05, 4.69) is 0 Å². The van der Waals surface area contributed by atoms with Crippen molar-refractivity contribution in [2.24, 2.45) is 5.73 Å². The van der Waals surface area contributed by atoms with E-state index < -0.39 is 18.6 Å². The van der Waals surface area contributed by atoms with E-state index in [-0.39, 0.29) is 5.56 Å². The molecule has 1 aromatic rings. The van der Waals surface area contributed by atoms with Gasteiger partial charge in [-0.15, -0.1) is 0 Å². The lowest BCUT2D eigenvalue weighted by Crippen LogP contribution is -2.36. The molecule has 0 aliphatic heterocycles. The van der Waals surface area contributed by atoms with Gasteiger partial charge in [-0.05, 0) is 24.6 Å². The lowest BCUT2D eigenvalue weighted by molar-refractivity contribution is -0.0712. The molecule has 0 radical (unpaired) electrons. The Bertz CT molecular complexity index is 399. The lowest BCUT2D eigenvalue weighted by atomic mass is 10.0. The minimum atomic E-state index is -3.38. The van der Waals surface area contributed by atoms with E-state index in [1.54, 1.807) is 6.92 Å². The largest absolute Gasteiger partial charge is 0.493 e. The van der Waals surface area contributed by atoms with Crippen molar-refractivity contribution in [3.8, 4) is 11.5 Å². The van der Waals surface area contributed by atoms with Crippen LogP contribution in [0, 0.1) is 0 Å². The molecule has 1 aromatic carbocycles. The maximum Gasteiger partial charge on any atom is 0.289 e. The van der Waals surface area contributed by atoms with Crippen LogP contribution in [0.2, 0.25) is 0 Å². The third-order valence-electron chi connectivity index (χ3n) is 2.51. The molecule has 0 fully saturated rings. The van der Waals surface area contributed by atoms with E-state index >= 15 is 0 Å². The molecule has 0 aliphatic carbocycles. The lowest BCUT2D eigenvalue weighted by Gasteiger charge is -2.22. The molecular formula is C12H17F2NO3. The van der Waals surface area contributed by atoms with Gasteiger partial charge >= 0.3 is 0 Å². The fourth-order valence-corrected chi connectivity index (χ4v) is 1.50. The Hall–Kier alpha value is -1.40. The van der Waals surface area contributed by atoms with Gasteiger partial charge in [0.15, 0.2) is 11.5 Å². The van der Waals surface area contributed by atoms with Gasteiger partial charge in [0, 0.05) is 0 Å². The normalized spacial score (nSPS) is 13.2. The fraction of sp³-hybridized carbons (Fsp3) is 0.500. The van der Waals surface area contributed by atoms with Crippen LogP contribution in [-0.2, 0) is 0 Å². The van der Waals surface area contributed by atoms with E-state index in [0.29, 0.717) is 18.1 Å². The van der Waals surface area contributed by atoms with Gasteiger partial charge in [-0.25, -0.2) is 8.78 Å². The Morgan fingerprint density at radius 3 is 2.56 bits per heavy atom. The van der Waals surface area contributed by atoms with E-state index in [1.165, 1.54) is 25.3 Å². The number of hydrogen-bond donors (Lipinski definition) is 2. The third-order valence-corrected chi connectivity index (χ3v) is 2.51. The molecule has 1 atom stereocenters. The van der Waals surface area contributed by atoms with Crippen molar-refractivity contribution in [2.45, 2.75) is 18.9 Å². The molecule has 0 unspecified atom stereocenters. The Kier molecular flexibility index (Phi) is 4.86. The first-order valence-corrected chi connectivity index (χ1v) is 5.51. The van der Waals surface area contributed by atoms with Crippen LogP contribution in [0.25, 0.3) is 0 Å². The van der Waals surface area contributed by atoms with E-state index in [1.807, 2.05) is 0 Å². The maximum absolute atomic E-state index is 13.3. The summed E-state index contributed by atoms with van der Waals surface area (Å²) in [4.78, 5) is 0. The topological polar surface area (TPSA) is 64.7 Å². The SMILES string of the molecule is CCOc1cc([C@@H](N)C(F)(F)CO)ccc1OC. The van der Waals surface area contributed by atoms with Gasteiger partial charge < -0.3 is 20.3 Å². The minimum absolute atomic E-state index is 0.179. The molecule has 0 saturated heterocycles. The zero-order valence-corrected chi connectivity index (χ0v) is 10.3. The van der Waals surface area contributed by atoms with E-state index in [4.69, 9.17) is 20.3 Å². The van der Waals surface area contributed by atoms with Crippen LogP contribution in [0.4, 0.5) is 8.78 Å². The molecule has 0 spiro atoms. The summed E-state index contributed by atoms with van der Waals surface area (Å²) >= 11 is 0. The Balaban J connectivity index is 3.07. The molecule has 0 bridgehead atoms. The number of alkyl halides is 2. The first kappa shape index (κ1) is 14.7. The highest BCUT2D eigenvalue weighted by Crippen LogP contribution is 2.34. The fourth-order valence-electron chi connectivity index (χ4n) is 1.50. The van der Waals surface area contributed by atoms with Gasteiger partial charge in [0.25, 0.3) is 5.92 Å². The number of nitrogens with two attached hydrogens (primary N) is 1. The predicted octanol–water partition coefficient (Wildman–Crippen LogP) is 1.72. The highest BCUT2D eigenvalue weighted by atomic mass is 19.3. The van der Waals surface area contributed by atoms with Crippen molar-refractivity contribution in [3.05, 3.63) is 23.8 Å². The van der Waals surface area contributed by atoms with Crippen molar-refractivity contribution < 1.29 is 23.4 Å².